The Morgan fingerprint density at radius 3 is 2.59 bits per heavy atom. The average molecular weight is 377 g/mol. The number of carbonyl (C=O) groups excluding carboxylic acids is 1. The average Bonchev–Trinajstić information content (AvgIpc) is 3.17. The largest absolute Gasteiger partial charge is 0.497 e. The molecule has 0 saturated carbocycles. The smallest absolute Gasteiger partial charge is 0.387 e. The Bertz CT molecular complexity index is 812. The summed E-state index contributed by atoms with van der Waals surface area (Å²) in [5, 5.41) is 0. The number of halogens is 2. The molecule has 1 heterocycles. The van der Waals surface area contributed by atoms with Crippen LogP contribution in [0.15, 0.2) is 42.5 Å². The van der Waals surface area contributed by atoms with Crippen LogP contribution in [0.3, 0.4) is 0 Å². The lowest BCUT2D eigenvalue weighted by atomic mass is 9.97. The van der Waals surface area contributed by atoms with Gasteiger partial charge in [0.1, 0.15) is 17.2 Å². The van der Waals surface area contributed by atoms with Gasteiger partial charge in [0.25, 0.3) is 5.91 Å². The van der Waals surface area contributed by atoms with Gasteiger partial charge < -0.3 is 19.1 Å². The Morgan fingerprint density at radius 2 is 1.89 bits per heavy atom. The maximum Gasteiger partial charge on any atom is 0.387 e. The van der Waals surface area contributed by atoms with Gasteiger partial charge in [-0.15, -0.1) is 0 Å². The molecule has 0 bridgehead atoms. The summed E-state index contributed by atoms with van der Waals surface area (Å²) in [6, 6.07) is 11.6. The molecule has 0 unspecified atom stereocenters. The molecule has 7 heteroatoms. The third kappa shape index (κ3) is 4.13. The fraction of sp³-hybridized carbons (Fsp3) is 0.350. The van der Waals surface area contributed by atoms with E-state index in [2.05, 4.69) is 4.74 Å². The Hall–Kier alpha value is -2.83. The van der Waals surface area contributed by atoms with Crippen molar-refractivity contribution in [3.05, 3.63) is 53.6 Å². The number of methoxy groups -OCH3 is 2. The van der Waals surface area contributed by atoms with Gasteiger partial charge in [0.15, 0.2) is 0 Å². The number of para-hydroxylation sites is 1. The highest BCUT2D eigenvalue weighted by atomic mass is 19.3. The van der Waals surface area contributed by atoms with E-state index in [0.717, 1.165) is 17.7 Å². The van der Waals surface area contributed by atoms with E-state index in [1.807, 2.05) is 18.2 Å². The van der Waals surface area contributed by atoms with Crippen molar-refractivity contribution in [1.29, 1.82) is 0 Å². The molecule has 1 fully saturated rings. The minimum Gasteiger partial charge on any atom is -0.497 e. The number of benzene rings is 2. The van der Waals surface area contributed by atoms with Gasteiger partial charge in [-0.3, -0.25) is 4.79 Å². The summed E-state index contributed by atoms with van der Waals surface area (Å²) in [5.74, 6) is 1.08. The van der Waals surface area contributed by atoms with Crippen LogP contribution in [0.1, 0.15) is 28.3 Å². The first-order valence-corrected chi connectivity index (χ1v) is 8.58. The molecule has 0 radical (unpaired) electrons. The van der Waals surface area contributed by atoms with Crippen molar-refractivity contribution in [2.24, 2.45) is 0 Å². The summed E-state index contributed by atoms with van der Waals surface area (Å²) in [7, 11) is 3.19. The van der Waals surface area contributed by atoms with Crippen LogP contribution in [-0.2, 0) is 0 Å². The molecular weight excluding hydrogens is 356 g/mol. The highest BCUT2D eigenvalue weighted by Gasteiger charge is 2.31. The number of hydrogen-bond acceptors (Lipinski definition) is 4. The molecule has 2 aromatic rings. The van der Waals surface area contributed by atoms with Gasteiger partial charge in [0.05, 0.1) is 19.8 Å². The molecule has 5 nitrogen and oxygen atoms in total. The van der Waals surface area contributed by atoms with Crippen LogP contribution in [0.2, 0.25) is 0 Å². The monoisotopic (exact) mass is 377 g/mol. The number of alkyl halides is 2. The van der Waals surface area contributed by atoms with Gasteiger partial charge in [0, 0.05) is 24.6 Å². The number of amides is 1. The first-order chi connectivity index (χ1) is 13.0. The normalized spacial score (nSPS) is 16.5. The van der Waals surface area contributed by atoms with Crippen molar-refractivity contribution in [1.82, 2.24) is 4.90 Å². The molecule has 1 aliphatic heterocycles. The van der Waals surface area contributed by atoms with E-state index in [1.165, 1.54) is 12.1 Å². The number of likely N-dealkylation sites (tertiary alicyclic amines) is 1. The number of rotatable bonds is 6. The van der Waals surface area contributed by atoms with E-state index in [9.17, 15) is 13.6 Å². The second-order valence-electron chi connectivity index (χ2n) is 6.22. The molecule has 0 spiro atoms. The van der Waals surface area contributed by atoms with Crippen LogP contribution < -0.4 is 14.2 Å². The Morgan fingerprint density at radius 1 is 1.11 bits per heavy atom. The molecule has 0 aromatic heterocycles. The SMILES string of the molecule is COc1ccc(OC)c([C@H]2CCN(C(=O)c3ccccc3OC(F)F)C2)c1. The first-order valence-electron chi connectivity index (χ1n) is 8.58. The molecule has 2 aromatic carbocycles. The highest BCUT2D eigenvalue weighted by Crippen LogP contribution is 2.37. The minimum absolute atomic E-state index is 0.0715. The zero-order chi connectivity index (χ0) is 19.4. The summed E-state index contributed by atoms with van der Waals surface area (Å²) in [6.45, 7) is -2.00. The van der Waals surface area contributed by atoms with Crippen molar-refractivity contribution < 1.29 is 27.8 Å². The van der Waals surface area contributed by atoms with Crippen LogP contribution in [0.5, 0.6) is 17.2 Å². The lowest BCUT2D eigenvalue weighted by Gasteiger charge is -2.20. The summed E-state index contributed by atoms with van der Waals surface area (Å²) < 4.78 is 40.4. The molecule has 3 rings (SSSR count). The van der Waals surface area contributed by atoms with Crippen molar-refractivity contribution >= 4 is 5.91 Å². The minimum atomic E-state index is -2.98. The lowest BCUT2D eigenvalue weighted by molar-refractivity contribution is -0.0502. The van der Waals surface area contributed by atoms with Crippen molar-refractivity contribution in [3.8, 4) is 17.2 Å². The second-order valence-corrected chi connectivity index (χ2v) is 6.22. The van der Waals surface area contributed by atoms with Crippen LogP contribution in [0.4, 0.5) is 8.78 Å². The second kappa shape index (κ2) is 8.24. The van der Waals surface area contributed by atoms with E-state index in [-0.39, 0.29) is 23.1 Å². The molecule has 0 aliphatic carbocycles. The van der Waals surface area contributed by atoms with E-state index in [1.54, 1.807) is 31.3 Å². The number of carbonyl (C=O) groups is 1. The molecule has 1 saturated heterocycles. The summed E-state index contributed by atoms with van der Waals surface area (Å²) in [4.78, 5) is 14.5. The number of ether oxygens (including phenoxy) is 3. The fourth-order valence-electron chi connectivity index (χ4n) is 3.37. The zero-order valence-electron chi connectivity index (χ0n) is 15.2. The molecular formula is C20H21F2NO4. The summed E-state index contributed by atoms with van der Waals surface area (Å²) in [6.07, 6.45) is 0.743. The van der Waals surface area contributed by atoms with E-state index >= 15 is 0 Å². The molecule has 27 heavy (non-hydrogen) atoms. The maximum atomic E-state index is 12.8. The molecule has 1 atom stereocenters. The van der Waals surface area contributed by atoms with Crippen LogP contribution in [0, 0.1) is 0 Å². The summed E-state index contributed by atoms with van der Waals surface area (Å²) in [5.41, 5.74) is 1.10. The van der Waals surface area contributed by atoms with Crippen molar-refractivity contribution in [2.45, 2.75) is 19.0 Å². The van der Waals surface area contributed by atoms with Gasteiger partial charge in [-0.2, -0.15) is 8.78 Å². The van der Waals surface area contributed by atoms with Crippen molar-refractivity contribution in [3.63, 3.8) is 0 Å². The van der Waals surface area contributed by atoms with Gasteiger partial charge in [0.2, 0.25) is 0 Å². The standard InChI is InChI=1S/C20H21F2NO4/c1-25-14-7-8-17(26-2)16(11-14)13-9-10-23(12-13)19(24)15-5-3-4-6-18(15)27-20(21)22/h3-8,11,13,20H,9-10,12H2,1-2H3/t13-/m0/s1. The zero-order valence-corrected chi connectivity index (χ0v) is 15.2. The number of nitrogens with zero attached hydrogens (tertiary/aromatic N) is 1. The topological polar surface area (TPSA) is 48.0 Å². The molecule has 1 amide bonds. The third-order valence-electron chi connectivity index (χ3n) is 4.69. The Kier molecular flexibility index (Phi) is 5.78. The predicted octanol–water partition coefficient (Wildman–Crippen LogP) is 3.93. The van der Waals surface area contributed by atoms with E-state index in [0.29, 0.717) is 18.8 Å². The molecule has 1 aliphatic rings. The van der Waals surface area contributed by atoms with E-state index in [4.69, 9.17) is 9.47 Å². The van der Waals surface area contributed by atoms with Gasteiger partial charge >= 0.3 is 6.61 Å². The quantitative estimate of drug-likeness (QED) is 0.765. The Labute approximate surface area is 156 Å². The van der Waals surface area contributed by atoms with E-state index < -0.39 is 6.61 Å². The number of hydrogen-bond donors (Lipinski definition) is 0. The first kappa shape index (κ1) is 18.9. The maximum absolute atomic E-state index is 12.8. The van der Waals surface area contributed by atoms with Crippen LogP contribution in [-0.4, -0.2) is 44.7 Å². The van der Waals surface area contributed by atoms with Crippen LogP contribution >= 0.6 is 0 Å². The molecule has 144 valence electrons. The van der Waals surface area contributed by atoms with Crippen molar-refractivity contribution in [2.75, 3.05) is 27.3 Å². The lowest BCUT2D eigenvalue weighted by Crippen LogP contribution is -2.29. The highest BCUT2D eigenvalue weighted by molar-refractivity contribution is 5.97. The third-order valence-corrected chi connectivity index (χ3v) is 4.69. The predicted molar refractivity (Wildman–Crippen MR) is 95.9 cm³/mol. The van der Waals surface area contributed by atoms with Gasteiger partial charge in [-0.05, 0) is 36.8 Å². The van der Waals surface area contributed by atoms with Gasteiger partial charge in [-0.1, -0.05) is 12.1 Å². The van der Waals surface area contributed by atoms with Crippen LogP contribution in [0.25, 0.3) is 0 Å². The van der Waals surface area contributed by atoms with Gasteiger partial charge in [-0.25, -0.2) is 0 Å². The summed E-state index contributed by atoms with van der Waals surface area (Å²) >= 11 is 0. The Balaban J connectivity index is 1.80. The molecule has 0 N–H and O–H groups in total. The fourth-order valence-corrected chi connectivity index (χ4v) is 3.37.